The monoisotopic (exact) mass is 521 g/mol. The second-order valence-electron chi connectivity index (χ2n) is 11.7. The van der Waals surface area contributed by atoms with Crippen LogP contribution in [0.25, 0.3) is 0 Å². The normalized spacial score (nSPS) is 12.4. The SMILES string of the molecule is CCCCCCCC/C=C\CCCCCCCC(=O)OCCCCCCCCCCCCCC(C)CC. The quantitative estimate of drug-likeness (QED) is 0.0534. The third-order valence-electron chi connectivity index (χ3n) is 7.94. The summed E-state index contributed by atoms with van der Waals surface area (Å²) in [6.07, 6.45) is 39.7. The molecule has 2 nitrogen and oxygen atoms in total. The van der Waals surface area contributed by atoms with Crippen LogP contribution >= 0.6 is 0 Å². The minimum atomic E-state index is 0.0155. The lowest BCUT2D eigenvalue weighted by Gasteiger charge is -2.07. The topological polar surface area (TPSA) is 26.3 Å². The zero-order chi connectivity index (χ0) is 27.1. The van der Waals surface area contributed by atoms with E-state index in [0.717, 1.165) is 25.2 Å². The molecule has 0 radical (unpaired) electrons. The van der Waals surface area contributed by atoms with Crippen LogP contribution in [0.5, 0.6) is 0 Å². The highest BCUT2D eigenvalue weighted by molar-refractivity contribution is 5.69. The molecule has 2 heteroatoms. The van der Waals surface area contributed by atoms with Crippen molar-refractivity contribution in [1.82, 2.24) is 0 Å². The molecule has 0 heterocycles. The Morgan fingerprint density at radius 2 is 1.00 bits per heavy atom. The highest BCUT2D eigenvalue weighted by Gasteiger charge is 2.03. The van der Waals surface area contributed by atoms with E-state index in [1.54, 1.807) is 0 Å². The summed E-state index contributed by atoms with van der Waals surface area (Å²) in [7, 11) is 0. The summed E-state index contributed by atoms with van der Waals surface area (Å²) in [5, 5.41) is 0. The first-order chi connectivity index (χ1) is 18.2. The number of hydrogen-bond acceptors (Lipinski definition) is 2. The van der Waals surface area contributed by atoms with Gasteiger partial charge in [-0.05, 0) is 44.4 Å². The first-order valence-corrected chi connectivity index (χ1v) is 17.0. The van der Waals surface area contributed by atoms with Gasteiger partial charge in [-0.25, -0.2) is 0 Å². The molecule has 0 rings (SSSR count). The van der Waals surface area contributed by atoms with Gasteiger partial charge in [-0.2, -0.15) is 0 Å². The van der Waals surface area contributed by atoms with Crippen molar-refractivity contribution in [2.45, 2.75) is 194 Å². The molecular formula is C35H68O2. The number of rotatable bonds is 30. The second-order valence-corrected chi connectivity index (χ2v) is 11.7. The Morgan fingerprint density at radius 3 is 1.51 bits per heavy atom. The van der Waals surface area contributed by atoms with Crippen LogP contribution in [-0.4, -0.2) is 12.6 Å². The molecule has 0 bridgehead atoms. The van der Waals surface area contributed by atoms with Gasteiger partial charge in [-0.3, -0.25) is 4.79 Å². The maximum Gasteiger partial charge on any atom is 0.305 e. The Labute approximate surface area is 234 Å². The van der Waals surface area contributed by atoms with E-state index in [0.29, 0.717) is 13.0 Å². The van der Waals surface area contributed by atoms with E-state index in [1.165, 1.54) is 148 Å². The van der Waals surface area contributed by atoms with Gasteiger partial charge in [-0.1, -0.05) is 161 Å². The van der Waals surface area contributed by atoms with Gasteiger partial charge < -0.3 is 4.74 Å². The summed E-state index contributed by atoms with van der Waals surface area (Å²) in [6, 6.07) is 0. The second kappa shape index (κ2) is 31.4. The van der Waals surface area contributed by atoms with Crippen molar-refractivity contribution in [3.05, 3.63) is 12.2 Å². The maximum atomic E-state index is 11.9. The fraction of sp³-hybridized carbons (Fsp3) is 0.914. The molecule has 0 aromatic rings. The fourth-order valence-corrected chi connectivity index (χ4v) is 4.99. The number of unbranched alkanes of at least 4 members (excludes halogenated alkanes) is 21. The first kappa shape index (κ1) is 36.2. The van der Waals surface area contributed by atoms with Crippen LogP contribution in [0, 0.1) is 5.92 Å². The van der Waals surface area contributed by atoms with Crippen molar-refractivity contribution in [2.24, 2.45) is 5.92 Å². The number of allylic oxidation sites excluding steroid dienone is 2. The minimum Gasteiger partial charge on any atom is -0.466 e. The van der Waals surface area contributed by atoms with Gasteiger partial charge in [0, 0.05) is 6.42 Å². The molecule has 220 valence electrons. The van der Waals surface area contributed by atoms with E-state index < -0.39 is 0 Å². The summed E-state index contributed by atoms with van der Waals surface area (Å²) < 4.78 is 5.43. The van der Waals surface area contributed by atoms with Crippen LogP contribution in [0.2, 0.25) is 0 Å². The molecule has 37 heavy (non-hydrogen) atoms. The van der Waals surface area contributed by atoms with Crippen molar-refractivity contribution in [3.8, 4) is 0 Å². The predicted molar refractivity (Wildman–Crippen MR) is 165 cm³/mol. The zero-order valence-corrected chi connectivity index (χ0v) is 25.8. The van der Waals surface area contributed by atoms with E-state index in [1.807, 2.05) is 0 Å². The highest BCUT2D eigenvalue weighted by Crippen LogP contribution is 2.16. The summed E-state index contributed by atoms with van der Waals surface area (Å²) in [4.78, 5) is 11.9. The summed E-state index contributed by atoms with van der Waals surface area (Å²) >= 11 is 0. The molecule has 0 N–H and O–H groups in total. The lowest BCUT2D eigenvalue weighted by Crippen LogP contribution is -2.05. The number of esters is 1. The van der Waals surface area contributed by atoms with Gasteiger partial charge in [0.15, 0.2) is 0 Å². The van der Waals surface area contributed by atoms with Gasteiger partial charge in [0.05, 0.1) is 6.61 Å². The number of carbonyl (C=O) groups is 1. The molecule has 0 saturated carbocycles. The lowest BCUT2D eigenvalue weighted by atomic mass is 9.99. The molecule has 0 aromatic heterocycles. The highest BCUT2D eigenvalue weighted by atomic mass is 16.5. The Balaban J connectivity index is 3.21. The Bertz CT molecular complexity index is 470. The molecule has 0 aliphatic heterocycles. The molecule has 0 spiro atoms. The molecule has 0 saturated heterocycles. The van der Waals surface area contributed by atoms with Crippen LogP contribution in [0.15, 0.2) is 12.2 Å². The van der Waals surface area contributed by atoms with E-state index in [2.05, 4.69) is 32.9 Å². The lowest BCUT2D eigenvalue weighted by molar-refractivity contribution is -0.143. The van der Waals surface area contributed by atoms with Gasteiger partial charge >= 0.3 is 5.97 Å². The van der Waals surface area contributed by atoms with E-state index in [-0.39, 0.29) is 5.97 Å². The van der Waals surface area contributed by atoms with E-state index in [9.17, 15) is 4.79 Å². The smallest absolute Gasteiger partial charge is 0.305 e. The summed E-state index contributed by atoms with van der Waals surface area (Å²) in [6.45, 7) is 7.59. The van der Waals surface area contributed by atoms with Gasteiger partial charge in [-0.15, -0.1) is 0 Å². The molecule has 1 atom stereocenters. The third kappa shape index (κ3) is 31.3. The van der Waals surface area contributed by atoms with Crippen molar-refractivity contribution >= 4 is 5.97 Å². The molecule has 1 unspecified atom stereocenters. The Kier molecular flexibility index (Phi) is 30.8. The molecule has 0 aliphatic carbocycles. The van der Waals surface area contributed by atoms with Crippen LogP contribution in [0.3, 0.4) is 0 Å². The van der Waals surface area contributed by atoms with Gasteiger partial charge in [0.25, 0.3) is 0 Å². The minimum absolute atomic E-state index is 0.0155. The average Bonchev–Trinajstić information content (AvgIpc) is 2.90. The molecule has 0 amide bonds. The fourth-order valence-electron chi connectivity index (χ4n) is 4.99. The number of carbonyl (C=O) groups excluding carboxylic acids is 1. The Hall–Kier alpha value is -0.790. The van der Waals surface area contributed by atoms with E-state index >= 15 is 0 Å². The third-order valence-corrected chi connectivity index (χ3v) is 7.94. The van der Waals surface area contributed by atoms with Crippen LogP contribution in [0.4, 0.5) is 0 Å². The number of hydrogen-bond donors (Lipinski definition) is 0. The summed E-state index contributed by atoms with van der Waals surface area (Å²) in [5.41, 5.74) is 0. The molecule has 0 aliphatic rings. The van der Waals surface area contributed by atoms with Gasteiger partial charge in [0.1, 0.15) is 0 Å². The average molecular weight is 521 g/mol. The van der Waals surface area contributed by atoms with Crippen molar-refractivity contribution in [2.75, 3.05) is 6.61 Å². The van der Waals surface area contributed by atoms with E-state index in [4.69, 9.17) is 4.74 Å². The Morgan fingerprint density at radius 1 is 0.568 bits per heavy atom. The largest absolute Gasteiger partial charge is 0.466 e. The first-order valence-electron chi connectivity index (χ1n) is 17.0. The van der Waals surface area contributed by atoms with Crippen molar-refractivity contribution in [3.63, 3.8) is 0 Å². The van der Waals surface area contributed by atoms with Crippen molar-refractivity contribution in [1.29, 1.82) is 0 Å². The van der Waals surface area contributed by atoms with Crippen LogP contribution in [0.1, 0.15) is 194 Å². The maximum absolute atomic E-state index is 11.9. The van der Waals surface area contributed by atoms with Gasteiger partial charge in [0.2, 0.25) is 0 Å². The van der Waals surface area contributed by atoms with Crippen LogP contribution < -0.4 is 0 Å². The zero-order valence-electron chi connectivity index (χ0n) is 25.8. The molecule has 0 aromatic carbocycles. The molecule has 0 fully saturated rings. The van der Waals surface area contributed by atoms with Crippen LogP contribution in [-0.2, 0) is 9.53 Å². The predicted octanol–water partition coefficient (Wildman–Crippen LogP) is 12.3. The summed E-state index contributed by atoms with van der Waals surface area (Å²) in [5.74, 6) is 0.933. The standard InChI is InChI=1S/C35H68O2/c1-4-6-7-8-9-10-11-12-13-14-17-20-23-26-29-32-35(36)37-33-30-27-24-21-18-15-16-19-22-25-28-31-34(3)5-2/h12-13,34H,4-11,14-33H2,1-3H3/b13-12-. The molecular weight excluding hydrogens is 452 g/mol. The van der Waals surface area contributed by atoms with Crippen molar-refractivity contribution < 1.29 is 9.53 Å². The number of ether oxygens (including phenoxy) is 1.